The second-order valence-electron chi connectivity index (χ2n) is 4.92. The molecule has 2 rings (SSSR count). The maximum Gasteiger partial charge on any atom is 0.340 e. The minimum atomic E-state index is -0.439. The summed E-state index contributed by atoms with van der Waals surface area (Å²) in [7, 11) is 0. The number of nitrogens with one attached hydrogen (secondary N) is 1. The zero-order valence-electron chi connectivity index (χ0n) is 13.2. The number of pyridine rings is 1. The number of carbonyl (C=O) groups is 2. The highest BCUT2D eigenvalue weighted by Gasteiger charge is 2.23. The summed E-state index contributed by atoms with van der Waals surface area (Å²) in [6.07, 6.45) is 1.38. The summed E-state index contributed by atoms with van der Waals surface area (Å²) in [5.41, 5.74) is 1.97. The first-order valence-corrected chi connectivity index (χ1v) is 8.14. The van der Waals surface area contributed by atoms with Crippen LogP contribution >= 0.6 is 11.8 Å². The van der Waals surface area contributed by atoms with Gasteiger partial charge in [0.1, 0.15) is 0 Å². The van der Waals surface area contributed by atoms with Crippen molar-refractivity contribution in [3.05, 3.63) is 52.1 Å². The number of Topliss-reactive ketones (excluding diaryl/α,β-unsaturated/α-hetero) is 1. The molecule has 1 N–H and O–H groups in total. The zero-order chi connectivity index (χ0) is 17.0. The first-order chi connectivity index (χ1) is 11.0. The van der Waals surface area contributed by atoms with Gasteiger partial charge in [0.25, 0.3) is 5.03 Å². The number of hydrogen-bond acceptors (Lipinski definition) is 5. The van der Waals surface area contributed by atoms with Gasteiger partial charge in [-0.2, -0.15) is 4.73 Å². The van der Waals surface area contributed by atoms with Crippen LogP contribution in [0.4, 0.5) is 0 Å². The van der Waals surface area contributed by atoms with Crippen LogP contribution in [0.2, 0.25) is 0 Å². The van der Waals surface area contributed by atoms with Crippen molar-refractivity contribution in [3.63, 3.8) is 0 Å². The summed E-state index contributed by atoms with van der Waals surface area (Å²) < 4.78 is 5.72. The van der Waals surface area contributed by atoms with Crippen LogP contribution < -0.4 is 4.73 Å². The molecule has 0 saturated heterocycles. The third-order valence-corrected chi connectivity index (χ3v) is 4.35. The Bertz CT molecular complexity index is 740. The van der Waals surface area contributed by atoms with E-state index < -0.39 is 5.97 Å². The highest BCUT2D eigenvalue weighted by molar-refractivity contribution is 7.99. The number of H-pyrrole nitrogens is 1. The standard InChI is InChI=1S/C16H18N2O4S/c1-4-22-16(20)14-10(2)15(17-11(14)3)12(19)9-23-13-7-5-6-8-18(13)21/h5-8,17H,4,9H2,1-3H3. The second-order valence-corrected chi connectivity index (χ2v) is 5.92. The fourth-order valence-electron chi connectivity index (χ4n) is 2.27. The third-order valence-electron chi connectivity index (χ3n) is 3.34. The second kappa shape index (κ2) is 7.32. The Labute approximate surface area is 138 Å². The highest BCUT2D eigenvalue weighted by Crippen LogP contribution is 2.22. The summed E-state index contributed by atoms with van der Waals surface area (Å²) in [6.45, 7) is 5.45. The molecule has 0 aliphatic heterocycles. The predicted octanol–water partition coefficient (Wildman–Crippen LogP) is 2.42. The molecule has 6 nitrogen and oxygen atoms in total. The molecule has 0 aromatic carbocycles. The largest absolute Gasteiger partial charge is 0.618 e. The van der Waals surface area contributed by atoms with Crippen molar-refractivity contribution in [1.82, 2.24) is 4.98 Å². The van der Waals surface area contributed by atoms with Crippen LogP contribution in [-0.2, 0) is 4.74 Å². The van der Waals surface area contributed by atoms with E-state index >= 15 is 0 Å². The van der Waals surface area contributed by atoms with Crippen LogP contribution in [0.5, 0.6) is 0 Å². The van der Waals surface area contributed by atoms with E-state index in [2.05, 4.69) is 4.98 Å². The van der Waals surface area contributed by atoms with Crippen molar-refractivity contribution < 1.29 is 19.1 Å². The van der Waals surface area contributed by atoms with Gasteiger partial charge < -0.3 is 14.9 Å². The van der Waals surface area contributed by atoms with Gasteiger partial charge in [0, 0.05) is 17.8 Å². The van der Waals surface area contributed by atoms with Gasteiger partial charge in [0.05, 0.1) is 23.6 Å². The van der Waals surface area contributed by atoms with Gasteiger partial charge in [0.2, 0.25) is 0 Å². The first kappa shape index (κ1) is 17.1. The number of ketones is 1. The van der Waals surface area contributed by atoms with Crippen LogP contribution in [0.3, 0.4) is 0 Å². The summed E-state index contributed by atoms with van der Waals surface area (Å²) in [6, 6.07) is 5.02. The summed E-state index contributed by atoms with van der Waals surface area (Å²) in [5, 5.41) is 12.0. The quantitative estimate of drug-likeness (QED) is 0.288. The lowest BCUT2D eigenvalue weighted by atomic mass is 10.1. The van der Waals surface area contributed by atoms with Crippen molar-refractivity contribution in [2.45, 2.75) is 25.8 Å². The lowest BCUT2D eigenvalue weighted by Gasteiger charge is -2.04. The SMILES string of the molecule is CCOC(=O)c1c(C)[nH]c(C(=O)CSc2cccc[n+]2[O-])c1C. The molecule has 7 heteroatoms. The Kier molecular flexibility index (Phi) is 5.44. The molecule has 2 aromatic rings. The Morgan fingerprint density at radius 3 is 2.74 bits per heavy atom. The molecule has 0 aliphatic rings. The monoisotopic (exact) mass is 334 g/mol. The van der Waals surface area contributed by atoms with E-state index in [-0.39, 0.29) is 18.1 Å². The van der Waals surface area contributed by atoms with Gasteiger partial charge in [-0.1, -0.05) is 0 Å². The van der Waals surface area contributed by atoms with Gasteiger partial charge in [-0.05, 0) is 44.2 Å². The van der Waals surface area contributed by atoms with Crippen LogP contribution in [0.1, 0.15) is 39.0 Å². The van der Waals surface area contributed by atoms with E-state index in [1.54, 1.807) is 39.0 Å². The van der Waals surface area contributed by atoms with Gasteiger partial charge in [-0.3, -0.25) is 4.79 Å². The fraction of sp³-hybridized carbons (Fsp3) is 0.312. The molecule has 0 fully saturated rings. The number of aromatic amines is 1. The van der Waals surface area contributed by atoms with Crippen molar-refractivity contribution in [2.75, 3.05) is 12.4 Å². The van der Waals surface area contributed by atoms with Crippen LogP contribution in [-0.4, -0.2) is 29.1 Å². The molecule has 0 bridgehead atoms. The number of esters is 1. The van der Waals surface area contributed by atoms with Gasteiger partial charge in [-0.25, -0.2) is 4.79 Å². The maximum atomic E-state index is 12.4. The number of thioether (sulfide) groups is 1. The maximum absolute atomic E-state index is 12.4. The molecule has 0 atom stereocenters. The third kappa shape index (κ3) is 3.73. The average Bonchev–Trinajstić information content (AvgIpc) is 2.81. The van der Waals surface area contributed by atoms with E-state index in [9.17, 15) is 14.8 Å². The summed E-state index contributed by atoms with van der Waals surface area (Å²) in [4.78, 5) is 27.3. The molecule has 0 saturated carbocycles. The zero-order valence-corrected chi connectivity index (χ0v) is 14.0. The molecule has 2 aromatic heterocycles. The van der Waals surface area contributed by atoms with Gasteiger partial charge in [-0.15, -0.1) is 0 Å². The molecule has 2 heterocycles. The lowest BCUT2D eigenvalue weighted by Crippen LogP contribution is -2.28. The fourth-order valence-corrected chi connectivity index (χ4v) is 3.06. The Balaban J connectivity index is 2.16. The van der Waals surface area contributed by atoms with Crippen LogP contribution in [0.15, 0.2) is 29.4 Å². The molecule has 23 heavy (non-hydrogen) atoms. The predicted molar refractivity (Wildman–Crippen MR) is 86.7 cm³/mol. The number of hydrogen-bond donors (Lipinski definition) is 1. The van der Waals surface area contributed by atoms with E-state index in [0.29, 0.717) is 27.5 Å². The molecule has 0 radical (unpaired) electrons. The van der Waals surface area contributed by atoms with Crippen molar-refractivity contribution in [3.8, 4) is 0 Å². The van der Waals surface area contributed by atoms with E-state index in [4.69, 9.17) is 4.74 Å². The van der Waals surface area contributed by atoms with Crippen molar-refractivity contribution in [2.24, 2.45) is 0 Å². The topological polar surface area (TPSA) is 86.1 Å². The molecule has 0 amide bonds. The minimum Gasteiger partial charge on any atom is -0.618 e. The van der Waals surface area contributed by atoms with Crippen molar-refractivity contribution >= 4 is 23.5 Å². The Morgan fingerprint density at radius 1 is 1.35 bits per heavy atom. The number of rotatable bonds is 6. The van der Waals surface area contributed by atoms with Crippen LogP contribution in [0.25, 0.3) is 0 Å². The van der Waals surface area contributed by atoms with Gasteiger partial charge in [0.15, 0.2) is 12.0 Å². The van der Waals surface area contributed by atoms with E-state index in [1.165, 1.54) is 6.20 Å². The van der Waals surface area contributed by atoms with Gasteiger partial charge >= 0.3 is 5.97 Å². The van der Waals surface area contributed by atoms with Crippen LogP contribution in [0, 0.1) is 19.1 Å². The molecular formula is C16H18N2O4S. The summed E-state index contributed by atoms with van der Waals surface area (Å²) >= 11 is 1.16. The number of ether oxygens (including phenoxy) is 1. The molecular weight excluding hydrogens is 316 g/mol. The molecule has 0 spiro atoms. The number of aryl methyl sites for hydroxylation is 1. The smallest absolute Gasteiger partial charge is 0.340 e. The number of nitrogens with zero attached hydrogens (tertiary/aromatic N) is 1. The van der Waals surface area contributed by atoms with E-state index in [1.807, 2.05) is 0 Å². The average molecular weight is 334 g/mol. The number of aromatic nitrogens is 2. The minimum absolute atomic E-state index is 0.106. The molecule has 122 valence electrons. The highest BCUT2D eigenvalue weighted by atomic mass is 32.2. The van der Waals surface area contributed by atoms with E-state index in [0.717, 1.165) is 16.5 Å². The normalized spacial score (nSPS) is 10.6. The lowest BCUT2D eigenvalue weighted by molar-refractivity contribution is -0.645. The number of carbonyl (C=O) groups excluding carboxylic acids is 2. The molecule has 0 unspecified atom stereocenters. The van der Waals surface area contributed by atoms with Crippen molar-refractivity contribution in [1.29, 1.82) is 0 Å². The summed E-state index contributed by atoms with van der Waals surface area (Å²) in [5.74, 6) is -0.504. The Hall–Kier alpha value is -2.28. The first-order valence-electron chi connectivity index (χ1n) is 7.16. The molecule has 0 aliphatic carbocycles. The Morgan fingerprint density at radius 2 is 2.09 bits per heavy atom.